The summed E-state index contributed by atoms with van der Waals surface area (Å²) in [6, 6.07) is 3.62. The largest absolute Gasteiger partial charge is 0.481 e. The number of hydrogen-bond acceptors (Lipinski definition) is 7. The van der Waals surface area contributed by atoms with E-state index >= 15 is 0 Å². The van der Waals surface area contributed by atoms with Gasteiger partial charge in [-0.15, -0.1) is 6.58 Å². The van der Waals surface area contributed by atoms with Gasteiger partial charge in [0, 0.05) is 24.9 Å². The molecule has 0 unspecified atom stereocenters. The van der Waals surface area contributed by atoms with Crippen LogP contribution in [-0.2, 0) is 41.7 Å². The standard InChI is InChI=1S/C34H43FN2O8/c1-5-21-15-34(21,31(41)42)16-28(38)27-13-23(45-32(43)36-17-20-9-8-12-26(35)24(20)19-36)18-37(27)30(40)25(33(2,3)4)14-29(39)44-22-10-6-7-11-22/h5,8-9,12,21-23,25,27H,1,6-7,10-11,13-19H2,2-4H3,(H,41,42)/t21-,23-,25-,27+,34-/m1/s1. The Hall–Kier alpha value is -3.76. The van der Waals surface area contributed by atoms with E-state index in [1.165, 1.54) is 21.9 Å². The van der Waals surface area contributed by atoms with E-state index in [2.05, 4.69) is 6.58 Å². The Morgan fingerprint density at radius 3 is 2.42 bits per heavy atom. The van der Waals surface area contributed by atoms with Gasteiger partial charge in [-0.25, -0.2) is 9.18 Å². The molecule has 0 spiro atoms. The van der Waals surface area contributed by atoms with Gasteiger partial charge in [-0.05, 0) is 55.1 Å². The molecule has 3 fully saturated rings. The van der Waals surface area contributed by atoms with Gasteiger partial charge in [0.2, 0.25) is 5.91 Å². The van der Waals surface area contributed by atoms with E-state index < -0.39 is 64.4 Å². The summed E-state index contributed by atoms with van der Waals surface area (Å²) in [4.78, 5) is 69.1. The van der Waals surface area contributed by atoms with Gasteiger partial charge < -0.3 is 19.5 Å². The lowest BCUT2D eigenvalue weighted by Crippen LogP contribution is -2.48. The summed E-state index contributed by atoms with van der Waals surface area (Å²) in [5.74, 6) is -4.05. The molecule has 11 heteroatoms. The topological polar surface area (TPSA) is 131 Å². The third-order valence-corrected chi connectivity index (χ3v) is 10.0. The Bertz CT molecular complexity index is 1380. The molecule has 4 aliphatic rings. The van der Waals surface area contributed by atoms with Gasteiger partial charge in [-0.3, -0.25) is 24.1 Å². The first-order chi connectivity index (χ1) is 21.2. The normalized spacial score (nSPS) is 26.7. The number of carboxylic acid groups (broad SMARTS) is 1. The average molecular weight is 627 g/mol. The molecule has 2 aliphatic carbocycles. The molecule has 1 aromatic carbocycles. The number of amides is 2. The summed E-state index contributed by atoms with van der Waals surface area (Å²) >= 11 is 0. The van der Waals surface area contributed by atoms with Crippen LogP contribution in [0.2, 0.25) is 0 Å². The monoisotopic (exact) mass is 626 g/mol. The first kappa shape index (κ1) is 32.6. The molecule has 2 amide bonds. The summed E-state index contributed by atoms with van der Waals surface area (Å²) in [6.07, 6.45) is 3.19. The van der Waals surface area contributed by atoms with Crippen molar-refractivity contribution < 1.29 is 42.9 Å². The minimum absolute atomic E-state index is 0.0106. The second kappa shape index (κ2) is 12.6. The number of Topliss-reactive ketones (excluding diaryl/α,β-unsaturated/α-hetero) is 1. The maximum Gasteiger partial charge on any atom is 0.410 e. The maximum atomic E-state index is 14.3. The van der Waals surface area contributed by atoms with Gasteiger partial charge in [0.15, 0.2) is 5.78 Å². The highest BCUT2D eigenvalue weighted by atomic mass is 19.1. The molecular formula is C34H43FN2O8. The number of nitrogens with zero attached hydrogens (tertiary/aromatic N) is 2. The maximum absolute atomic E-state index is 14.3. The lowest BCUT2D eigenvalue weighted by molar-refractivity contribution is -0.156. The lowest BCUT2D eigenvalue weighted by Gasteiger charge is -2.35. The van der Waals surface area contributed by atoms with Crippen LogP contribution in [0.25, 0.3) is 0 Å². The van der Waals surface area contributed by atoms with Gasteiger partial charge in [-0.1, -0.05) is 39.0 Å². The molecule has 1 N–H and O–H groups in total. The highest BCUT2D eigenvalue weighted by Crippen LogP contribution is 2.56. The van der Waals surface area contributed by atoms with E-state index in [9.17, 15) is 33.5 Å². The molecule has 0 aromatic heterocycles. The van der Waals surface area contributed by atoms with Crippen molar-refractivity contribution in [1.82, 2.24) is 9.80 Å². The van der Waals surface area contributed by atoms with Crippen molar-refractivity contribution in [2.75, 3.05) is 6.54 Å². The van der Waals surface area contributed by atoms with Crippen molar-refractivity contribution in [1.29, 1.82) is 0 Å². The molecule has 2 saturated carbocycles. The van der Waals surface area contributed by atoms with Gasteiger partial charge in [-0.2, -0.15) is 0 Å². The number of ketones is 1. The second-order valence-electron chi connectivity index (χ2n) is 14.2. The summed E-state index contributed by atoms with van der Waals surface area (Å²) < 4.78 is 25.8. The fraction of sp³-hybridized carbons (Fsp3) is 0.618. The number of likely N-dealkylation sites (tertiary alicyclic amines) is 1. The van der Waals surface area contributed by atoms with Crippen molar-refractivity contribution in [2.45, 2.75) is 103 Å². The van der Waals surface area contributed by atoms with Crippen molar-refractivity contribution in [2.24, 2.45) is 22.7 Å². The quantitative estimate of drug-likeness (QED) is 0.283. The zero-order valence-electron chi connectivity index (χ0n) is 26.3. The minimum Gasteiger partial charge on any atom is -0.481 e. The molecule has 5 rings (SSSR count). The smallest absolute Gasteiger partial charge is 0.410 e. The molecular weight excluding hydrogens is 583 g/mol. The number of allylic oxidation sites excluding steroid dienone is 1. The number of carboxylic acids is 1. The van der Waals surface area contributed by atoms with Crippen molar-refractivity contribution >= 4 is 29.7 Å². The van der Waals surface area contributed by atoms with Crippen LogP contribution in [0, 0.1) is 28.5 Å². The van der Waals surface area contributed by atoms with E-state index in [1.54, 1.807) is 12.1 Å². The Balaban J connectivity index is 1.34. The van der Waals surface area contributed by atoms with Crippen molar-refractivity contribution in [3.63, 3.8) is 0 Å². The molecule has 45 heavy (non-hydrogen) atoms. The van der Waals surface area contributed by atoms with Gasteiger partial charge in [0.25, 0.3) is 0 Å². The summed E-state index contributed by atoms with van der Waals surface area (Å²) in [6.45, 7) is 9.33. The van der Waals surface area contributed by atoms with Gasteiger partial charge in [0.1, 0.15) is 18.0 Å². The van der Waals surface area contributed by atoms with E-state index in [1.807, 2.05) is 20.8 Å². The van der Waals surface area contributed by atoms with Crippen LogP contribution in [0.3, 0.4) is 0 Å². The Morgan fingerprint density at radius 2 is 1.82 bits per heavy atom. The number of carbonyl (C=O) groups is 5. The summed E-state index contributed by atoms with van der Waals surface area (Å²) in [5, 5.41) is 9.94. The second-order valence-corrected chi connectivity index (χ2v) is 14.2. The number of rotatable bonds is 10. The van der Waals surface area contributed by atoms with Crippen LogP contribution in [0.4, 0.5) is 9.18 Å². The molecule has 10 nitrogen and oxygen atoms in total. The molecule has 2 heterocycles. The van der Waals surface area contributed by atoms with E-state index in [-0.39, 0.29) is 57.3 Å². The van der Waals surface area contributed by atoms with Gasteiger partial charge >= 0.3 is 18.0 Å². The Kier molecular flexibility index (Phi) is 9.11. The number of carbonyl (C=O) groups excluding carboxylic acids is 4. The van der Waals surface area contributed by atoms with Crippen LogP contribution in [0.5, 0.6) is 0 Å². The number of ether oxygens (including phenoxy) is 2. The molecule has 244 valence electrons. The predicted octanol–water partition coefficient (Wildman–Crippen LogP) is 5.02. The predicted molar refractivity (Wildman–Crippen MR) is 160 cm³/mol. The number of esters is 1. The van der Waals surface area contributed by atoms with Crippen LogP contribution >= 0.6 is 0 Å². The highest BCUT2D eigenvalue weighted by molar-refractivity contribution is 5.95. The van der Waals surface area contributed by atoms with Crippen LogP contribution in [0.15, 0.2) is 30.9 Å². The SMILES string of the molecule is C=C[C@@H]1C[C@]1(CC(=O)[C@@H]1C[C@@H](OC(=O)N2Cc3cccc(F)c3C2)CN1C(=O)[C@@H](CC(=O)OC1CCCC1)C(C)(C)C)C(=O)O. The van der Waals surface area contributed by atoms with Crippen LogP contribution < -0.4 is 0 Å². The summed E-state index contributed by atoms with van der Waals surface area (Å²) in [5.41, 5.74) is -0.849. The van der Waals surface area contributed by atoms with Crippen LogP contribution in [0.1, 0.15) is 83.3 Å². The van der Waals surface area contributed by atoms with E-state index in [0.29, 0.717) is 11.1 Å². The van der Waals surface area contributed by atoms with E-state index in [0.717, 1.165) is 25.7 Å². The lowest BCUT2D eigenvalue weighted by atomic mass is 9.77. The minimum atomic E-state index is -1.28. The number of benzene rings is 1. The highest BCUT2D eigenvalue weighted by Gasteiger charge is 2.61. The fourth-order valence-electron chi connectivity index (χ4n) is 7.13. The third kappa shape index (κ3) is 6.77. The Morgan fingerprint density at radius 1 is 1.11 bits per heavy atom. The average Bonchev–Trinajstić information content (AvgIpc) is 3.38. The van der Waals surface area contributed by atoms with Gasteiger partial charge in [0.05, 0.1) is 36.9 Å². The zero-order chi connectivity index (χ0) is 32.7. The third-order valence-electron chi connectivity index (χ3n) is 10.0. The molecule has 2 aliphatic heterocycles. The van der Waals surface area contributed by atoms with E-state index in [4.69, 9.17) is 9.47 Å². The molecule has 0 bridgehead atoms. The first-order valence-electron chi connectivity index (χ1n) is 15.8. The number of fused-ring (bicyclic) bond motifs is 1. The summed E-state index contributed by atoms with van der Waals surface area (Å²) in [7, 11) is 0. The molecule has 0 radical (unpaired) electrons. The Labute approximate surface area is 262 Å². The fourth-order valence-corrected chi connectivity index (χ4v) is 7.13. The molecule has 1 aromatic rings. The zero-order valence-corrected chi connectivity index (χ0v) is 26.3. The number of aliphatic carboxylic acids is 1. The van der Waals surface area contributed by atoms with Crippen molar-refractivity contribution in [3.05, 3.63) is 47.8 Å². The first-order valence-corrected chi connectivity index (χ1v) is 15.8. The molecule has 5 atom stereocenters. The number of hydrogen-bond donors (Lipinski definition) is 1. The van der Waals surface area contributed by atoms with Crippen LogP contribution in [-0.4, -0.2) is 69.4 Å². The number of halogens is 1. The van der Waals surface area contributed by atoms with Crippen molar-refractivity contribution in [3.8, 4) is 0 Å². The molecule has 1 saturated heterocycles.